The summed E-state index contributed by atoms with van der Waals surface area (Å²) in [5, 5.41) is 12.3. The van der Waals surface area contributed by atoms with Gasteiger partial charge in [-0.1, -0.05) is 26.2 Å². The van der Waals surface area contributed by atoms with Gasteiger partial charge < -0.3 is 22.0 Å². The maximum atomic E-state index is 10.5. The standard InChI is InChI=1S/C9H20N4O2/c1-2-3-4-5-7(6-8(14)15)12-13-9(10)11/h7,12H,2-6H2,1H3,(H,14,15)(H4,10,11,13). The second kappa shape index (κ2) is 7.90. The van der Waals surface area contributed by atoms with E-state index in [9.17, 15) is 4.79 Å². The second-order valence-corrected chi connectivity index (χ2v) is 3.46. The highest BCUT2D eigenvalue weighted by molar-refractivity contribution is 5.75. The Kier molecular flexibility index (Phi) is 7.13. The van der Waals surface area contributed by atoms with Gasteiger partial charge in [0.2, 0.25) is 5.96 Å². The number of carboxylic acids is 1. The molecule has 0 bridgehead atoms. The lowest BCUT2D eigenvalue weighted by Gasteiger charge is -2.13. The van der Waals surface area contributed by atoms with Crippen LogP contribution in [-0.4, -0.2) is 23.1 Å². The van der Waals surface area contributed by atoms with Crippen molar-refractivity contribution in [1.29, 1.82) is 0 Å². The van der Waals surface area contributed by atoms with Crippen molar-refractivity contribution >= 4 is 11.9 Å². The molecule has 15 heavy (non-hydrogen) atoms. The fourth-order valence-corrected chi connectivity index (χ4v) is 1.23. The Morgan fingerprint density at radius 1 is 1.47 bits per heavy atom. The van der Waals surface area contributed by atoms with Crippen LogP contribution in [0.15, 0.2) is 5.10 Å². The van der Waals surface area contributed by atoms with E-state index in [1.165, 1.54) is 0 Å². The molecule has 0 aliphatic carbocycles. The third kappa shape index (κ3) is 8.86. The van der Waals surface area contributed by atoms with Crippen LogP contribution < -0.4 is 16.9 Å². The normalized spacial score (nSPS) is 11.8. The van der Waals surface area contributed by atoms with Crippen LogP contribution in [0.5, 0.6) is 0 Å². The summed E-state index contributed by atoms with van der Waals surface area (Å²) < 4.78 is 0. The summed E-state index contributed by atoms with van der Waals surface area (Å²) in [5.74, 6) is -0.935. The molecule has 0 rings (SSSR count). The number of nitrogens with zero attached hydrogens (tertiary/aromatic N) is 1. The number of nitrogens with two attached hydrogens (primary N) is 2. The summed E-state index contributed by atoms with van der Waals surface area (Å²) in [5.41, 5.74) is 13.0. The van der Waals surface area contributed by atoms with E-state index in [1.807, 2.05) is 0 Å². The van der Waals surface area contributed by atoms with Crippen LogP contribution in [0.2, 0.25) is 0 Å². The van der Waals surface area contributed by atoms with Crippen molar-refractivity contribution in [3.05, 3.63) is 0 Å². The topological polar surface area (TPSA) is 114 Å². The third-order valence-electron chi connectivity index (χ3n) is 1.95. The first-order chi connectivity index (χ1) is 7.06. The number of unbranched alkanes of at least 4 members (excludes halogenated alkanes) is 2. The first-order valence-electron chi connectivity index (χ1n) is 5.12. The number of aliphatic carboxylic acids is 1. The molecule has 88 valence electrons. The summed E-state index contributed by atoms with van der Waals surface area (Å²) in [4.78, 5) is 10.5. The Hall–Kier alpha value is -1.46. The van der Waals surface area contributed by atoms with E-state index in [-0.39, 0.29) is 18.4 Å². The van der Waals surface area contributed by atoms with Crippen LogP contribution in [-0.2, 0) is 4.79 Å². The Bertz CT molecular complexity index is 214. The molecule has 1 unspecified atom stereocenters. The van der Waals surface area contributed by atoms with Crippen LogP contribution in [0.1, 0.15) is 39.0 Å². The molecule has 0 saturated carbocycles. The van der Waals surface area contributed by atoms with Crippen LogP contribution >= 0.6 is 0 Å². The molecule has 0 aliphatic heterocycles. The van der Waals surface area contributed by atoms with Gasteiger partial charge in [0.25, 0.3) is 0 Å². The van der Waals surface area contributed by atoms with Gasteiger partial charge >= 0.3 is 5.97 Å². The average Bonchev–Trinajstić information content (AvgIpc) is 2.13. The van der Waals surface area contributed by atoms with Crippen molar-refractivity contribution in [1.82, 2.24) is 5.43 Å². The summed E-state index contributed by atoms with van der Waals surface area (Å²) in [6, 6.07) is -0.198. The Balaban J connectivity index is 3.94. The molecule has 6 heteroatoms. The Morgan fingerprint density at radius 2 is 2.13 bits per heavy atom. The first-order valence-corrected chi connectivity index (χ1v) is 5.12. The molecule has 0 spiro atoms. The van der Waals surface area contributed by atoms with Gasteiger partial charge in [0, 0.05) is 0 Å². The van der Waals surface area contributed by atoms with Crippen molar-refractivity contribution in [2.24, 2.45) is 16.6 Å². The molecule has 6 N–H and O–H groups in total. The number of rotatable bonds is 8. The SMILES string of the molecule is CCCCCC(CC(=O)O)NN=C(N)N. The minimum Gasteiger partial charge on any atom is -0.481 e. The summed E-state index contributed by atoms with van der Waals surface area (Å²) in [6.07, 6.45) is 3.95. The highest BCUT2D eigenvalue weighted by Crippen LogP contribution is 2.06. The zero-order chi connectivity index (χ0) is 11.7. The van der Waals surface area contributed by atoms with Crippen LogP contribution in [0, 0.1) is 0 Å². The second-order valence-electron chi connectivity index (χ2n) is 3.46. The van der Waals surface area contributed by atoms with E-state index in [0.717, 1.165) is 25.7 Å². The van der Waals surface area contributed by atoms with E-state index in [2.05, 4.69) is 17.5 Å². The zero-order valence-electron chi connectivity index (χ0n) is 9.07. The van der Waals surface area contributed by atoms with Gasteiger partial charge in [-0.3, -0.25) is 4.79 Å². The predicted octanol–water partition coefficient (Wildman–Crippen LogP) is 0.188. The molecule has 0 aromatic rings. The molecule has 0 radical (unpaired) electrons. The lowest BCUT2D eigenvalue weighted by atomic mass is 10.1. The summed E-state index contributed by atoms with van der Waals surface area (Å²) >= 11 is 0. The number of guanidine groups is 1. The van der Waals surface area contributed by atoms with Crippen LogP contribution in [0.4, 0.5) is 0 Å². The Morgan fingerprint density at radius 3 is 2.60 bits per heavy atom. The lowest BCUT2D eigenvalue weighted by molar-refractivity contribution is -0.137. The monoisotopic (exact) mass is 216 g/mol. The molecule has 6 nitrogen and oxygen atoms in total. The van der Waals surface area contributed by atoms with Crippen molar-refractivity contribution in [2.75, 3.05) is 0 Å². The number of carbonyl (C=O) groups is 1. The van der Waals surface area contributed by atoms with E-state index in [4.69, 9.17) is 16.6 Å². The largest absolute Gasteiger partial charge is 0.481 e. The smallest absolute Gasteiger partial charge is 0.305 e. The molecular weight excluding hydrogens is 196 g/mol. The molecule has 0 aromatic carbocycles. The minimum atomic E-state index is -0.852. The van der Waals surface area contributed by atoms with Gasteiger partial charge in [0.1, 0.15) is 0 Å². The molecular formula is C9H20N4O2. The van der Waals surface area contributed by atoms with E-state index in [0.29, 0.717) is 0 Å². The van der Waals surface area contributed by atoms with Crippen molar-refractivity contribution < 1.29 is 9.90 Å². The number of hydrazone groups is 1. The Labute approximate surface area is 89.7 Å². The molecule has 0 fully saturated rings. The van der Waals surface area contributed by atoms with Crippen molar-refractivity contribution in [3.63, 3.8) is 0 Å². The molecule has 0 heterocycles. The van der Waals surface area contributed by atoms with Crippen LogP contribution in [0.25, 0.3) is 0 Å². The van der Waals surface area contributed by atoms with Crippen LogP contribution in [0.3, 0.4) is 0 Å². The predicted molar refractivity (Wildman–Crippen MR) is 59.1 cm³/mol. The van der Waals surface area contributed by atoms with Gasteiger partial charge in [0.05, 0.1) is 12.5 Å². The van der Waals surface area contributed by atoms with Gasteiger partial charge in [-0.05, 0) is 6.42 Å². The van der Waals surface area contributed by atoms with E-state index < -0.39 is 5.97 Å². The first kappa shape index (κ1) is 13.5. The number of hydrogen-bond acceptors (Lipinski definition) is 3. The fraction of sp³-hybridized carbons (Fsp3) is 0.778. The third-order valence-corrected chi connectivity index (χ3v) is 1.95. The van der Waals surface area contributed by atoms with E-state index in [1.54, 1.807) is 0 Å². The zero-order valence-corrected chi connectivity index (χ0v) is 9.07. The van der Waals surface area contributed by atoms with Gasteiger partial charge in [0.15, 0.2) is 0 Å². The maximum Gasteiger partial charge on any atom is 0.305 e. The fourth-order valence-electron chi connectivity index (χ4n) is 1.23. The molecule has 0 aromatic heterocycles. The minimum absolute atomic E-state index is 0.0283. The molecule has 0 saturated heterocycles. The van der Waals surface area contributed by atoms with Crippen molar-refractivity contribution in [2.45, 2.75) is 45.1 Å². The summed E-state index contributed by atoms with van der Waals surface area (Å²) in [7, 11) is 0. The average molecular weight is 216 g/mol. The van der Waals surface area contributed by atoms with Crippen molar-refractivity contribution in [3.8, 4) is 0 Å². The van der Waals surface area contributed by atoms with E-state index >= 15 is 0 Å². The highest BCUT2D eigenvalue weighted by Gasteiger charge is 2.11. The van der Waals surface area contributed by atoms with Gasteiger partial charge in [-0.2, -0.15) is 0 Å². The highest BCUT2D eigenvalue weighted by atomic mass is 16.4. The van der Waals surface area contributed by atoms with Gasteiger partial charge in [-0.25, -0.2) is 0 Å². The molecule has 1 atom stereocenters. The lowest BCUT2D eigenvalue weighted by Crippen LogP contribution is -2.33. The number of carboxylic acid groups (broad SMARTS) is 1. The maximum absolute atomic E-state index is 10.5. The quantitative estimate of drug-likeness (QED) is 0.200. The number of hydrogen-bond donors (Lipinski definition) is 4. The van der Waals surface area contributed by atoms with Gasteiger partial charge in [-0.15, -0.1) is 5.10 Å². The summed E-state index contributed by atoms with van der Waals surface area (Å²) in [6.45, 7) is 2.09. The molecule has 0 amide bonds. The molecule has 0 aliphatic rings. The number of nitrogens with one attached hydrogen (secondary N) is 1.